The van der Waals surface area contributed by atoms with Crippen LogP contribution in [0.25, 0.3) is 0 Å². The fourth-order valence-corrected chi connectivity index (χ4v) is 2.46. The first-order chi connectivity index (χ1) is 8.95. The van der Waals surface area contributed by atoms with Gasteiger partial charge in [0.1, 0.15) is 11.6 Å². The van der Waals surface area contributed by atoms with Gasteiger partial charge in [-0.05, 0) is 19.1 Å². The molecule has 0 bridgehead atoms. The maximum atomic E-state index is 13.4. The van der Waals surface area contributed by atoms with Crippen LogP contribution in [-0.4, -0.2) is 16.1 Å². The van der Waals surface area contributed by atoms with Gasteiger partial charge in [-0.15, -0.1) is 11.3 Å². The molecule has 0 fully saturated rings. The van der Waals surface area contributed by atoms with Gasteiger partial charge in [-0.1, -0.05) is 0 Å². The van der Waals surface area contributed by atoms with Crippen molar-refractivity contribution in [1.82, 2.24) is 4.98 Å². The summed E-state index contributed by atoms with van der Waals surface area (Å²) in [4.78, 5) is 15.3. The second-order valence-electron chi connectivity index (χ2n) is 3.85. The zero-order valence-corrected chi connectivity index (χ0v) is 10.7. The highest BCUT2D eigenvalue weighted by Crippen LogP contribution is 2.27. The lowest BCUT2D eigenvalue weighted by molar-refractivity contribution is -0.136. The number of nitrogens with zero attached hydrogens (tertiary/aromatic N) is 1. The van der Waals surface area contributed by atoms with Crippen molar-refractivity contribution in [3.05, 3.63) is 40.4 Å². The fraction of sp³-hybridized carbons (Fsp3) is 0.167. The topological polar surface area (TPSA) is 62.2 Å². The number of carboxylic acid groups (broad SMARTS) is 1. The zero-order chi connectivity index (χ0) is 14.0. The molecule has 1 aromatic carbocycles. The molecule has 19 heavy (non-hydrogen) atoms. The third-order valence-corrected chi connectivity index (χ3v) is 3.45. The van der Waals surface area contributed by atoms with E-state index in [0.717, 1.165) is 29.5 Å². The van der Waals surface area contributed by atoms with E-state index in [1.165, 1.54) is 0 Å². The Morgan fingerprint density at radius 3 is 2.89 bits per heavy atom. The number of aryl methyl sites for hydroxylation is 1. The SMILES string of the molecule is Cc1nc(Nc2cc(F)ccc2F)sc1CC(=O)O. The molecule has 0 amide bonds. The number of carboxylic acids is 1. The maximum absolute atomic E-state index is 13.4. The number of carbonyl (C=O) groups is 1. The van der Waals surface area contributed by atoms with Crippen molar-refractivity contribution in [2.24, 2.45) is 0 Å². The zero-order valence-electron chi connectivity index (χ0n) is 9.91. The number of hydrogen-bond donors (Lipinski definition) is 2. The highest BCUT2D eigenvalue weighted by Gasteiger charge is 2.12. The summed E-state index contributed by atoms with van der Waals surface area (Å²) in [6.07, 6.45) is -0.142. The molecule has 0 atom stereocenters. The summed E-state index contributed by atoms with van der Waals surface area (Å²) < 4.78 is 26.4. The van der Waals surface area contributed by atoms with Gasteiger partial charge in [0.2, 0.25) is 0 Å². The Hall–Kier alpha value is -2.02. The molecule has 4 nitrogen and oxygen atoms in total. The quantitative estimate of drug-likeness (QED) is 0.905. The minimum atomic E-state index is -0.963. The van der Waals surface area contributed by atoms with Crippen LogP contribution in [0, 0.1) is 18.6 Å². The summed E-state index contributed by atoms with van der Waals surface area (Å²) in [6, 6.07) is 3.04. The smallest absolute Gasteiger partial charge is 0.308 e. The molecule has 7 heteroatoms. The van der Waals surface area contributed by atoms with Gasteiger partial charge < -0.3 is 10.4 Å². The summed E-state index contributed by atoms with van der Waals surface area (Å²) in [5, 5.41) is 11.7. The van der Waals surface area contributed by atoms with E-state index >= 15 is 0 Å². The first-order valence-corrected chi connectivity index (χ1v) is 6.17. The van der Waals surface area contributed by atoms with Crippen molar-refractivity contribution in [3.63, 3.8) is 0 Å². The third kappa shape index (κ3) is 3.25. The van der Waals surface area contributed by atoms with Crippen LogP contribution in [0.2, 0.25) is 0 Å². The standard InChI is InChI=1S/C12H10F2N2O2S/c1-6-10(5-11(17)18)19-12(15-6)16-9-4-7(13)2-3-8(9)14/h2-4H,5H2,1H3,(H,15,16)(H,17,18). The molecule has 0 saturated carbocycles. The van der Waals surface area contributed by atoms with Crippen LogP contribution >= 0.6 is 11.3 Å². The molecule has 1 heterocycles. The van der Waals surface area contributed by atoms with Crippen molar-refractivity contribution in [3.8, 4) is 0 Å². The number of hydrogen-bond acceptors (Lipinski definition) is 4. The number of nitrogens with one attached hydrogen (secondary N) is 1. The minimum absolute atomic E-state index is 0.0318. The summed E-state index contributed by atoms with van der Waals surface area (Å²) in [5.74, 6) is -2.13. The highest BCUT2D eigenvalue weighted by molar-refractivity contribution is 7.15. The lowest BCUT2D eigenvalue weighted by atomic mass is 10.3. The van der Waals surface area contributed by atoms with Gasteiger partial charge in [0.15, 0.2) is 5.13 Å². The number of rotatable bonds is 4. The second-order valence-corrected chi connectivity index (χ2v) is 4.93. The van der Waals surface area contributed by atoms with E-state index in [0.29, 0.717) is 15.7 Å². The van der Waals surface area contributed by atoms with Crippen molar-refractivity contribution < 1.29 is 18.7 Å². The van der Waals surface area contributed by atoms with Crippen molar-refractivity contribution in [1.29, 1.82) is 0 Å². The third-order valence-electron chi connectivity index (χ3n) is 2.37. The Kier molecular flexibility index (Phi) is 3.75. The molecule has 0 aliphatic rings. The van der Waals surface area contributed by atoms with Crippen LogP contribution in [-0.2, 0) is 11.2 Å². The average Bonchev–Trinajstić information content (AvgIpc) is 2.64. The number of thiazole rings is 1. The molecule has 0 radical (unpaired) electrons. The van der Waals surface area contributed by atoms with E-state index in [9.17, 15) is 13.6 Å². The van der Waals surface area contributed by atoms with E-state index in [4.69, 9.17) is 5.11 Å². The maximum Gasteiger partial charge on any atom is 0.308 e. The van der Waals surface area contributed by atoms with Gasteiger partial charge in [0, 0.05) is 10.9 Å². The van der Waals surface area contributed by atoms with Crippen LogP contribution in [0.1, 0.15) is 10.6 Å². The van der Waals surface area contributed by atoms with Gasteiger partial charge in [0.25, 0.3) is 0 Å². The monoisotopic (exact) mass is 284 g/mol. The molecule has 0 unspecified atom stereocenters. The number of aliphatic carboxylic acids is 1. The minimum Gasteiger partial charge on any atom is -0.481 e. The molecule has 0 spiro atoms. The van der Waals surface area contributed by atoms with Gasteiger partial charge in [-0.3, -0.25) is 4.79 Å². The average molecular weight is 284 g/mol. The van der Waals surface area contributed by atoms with Crippen molar-refractivity contribution in [2.75, 3.05) is 5.32 Å². The molecule has 2 N–H and O–H groups in total. The van der Waals surface area contributed by atoms with Crippen molar-refractivity contribution >= 4 is 28.1 Å². The second kappa shape index (κ2) is 5.31. The summed E-state index contributed by atoms with van der Waals surface area (Å²) in [7, 11) is 0. The van der Waals surface area contributed by atoms with Crippen molar-refractivity contribution in [2.45, 2.75) is 13.3 Å². The Morgan fingerprint density at radius 2 is 2.21 bits per heavy atom. The van der Waals surface area contributed by atoms with Crippen LogP contribution in [0.5, 0.6) is 0 Å². The van der Waals surface area contributed by atoms with Gasteiger partial charge in [-0.25, -0.2) is 13.8 Å². The normalized spacial score (nSPS) is 10.5. The summed E-state index contributed by atoms with van der Waals surface area (Å²) >= 11 is 1.11. The van der Waals surface area contributed by atoms with Gasteiger partial charge >= 0.3 is 5.97 Å². The summed E-state index contributed by atoms with van der Waals surface area (Å²) in [6.45, 7) is 1.67. The first kappa shape index (κ1) is 13.4. The van der Waals surface area contributed by atoms with Gasteiger partial charge in [-0.2, -0.15) is 0 Å². The first-order valence-electron chi connectivity index (χ1n) is 5.36. The molecule has 100 valence electrons. The molecular weight excluding hydrogens is 274 g/mol. The van der Waals surface area contributed by atoms with E-state index in [2.05, 4.69) is 10.3 Å². The predicted molar refractivity (Wildman–Crippen MR) is 67.8 cm³/mol. The fourth-order valence-electron chi connectivity index (χ4n) is 1.49. The molecule has 0 aliphatic carbocycles. The van der Waals surface area contributed by atoms with Gasteiger partial charge in [0.05, 0.1) is 17.8 Å². The Balaban J connectivity index is 2.24. The molecule has 2 aromatic rings. The van der Waals surface area contributed by atoms with Crippen LogP contribution in [0.15, 0.2) is 18.2 Å². The highest BCUT2D eigenvalue weighted by atomic mass is 32.1. The largest absolute Gasteiger partial charge is 0.481 e. The Bertz CT molecular complexity index is 628. The molecule has 1 aromatic heterocycles. The number of halogens is 2. The Morgan fingerprint density at radius 1 is 1.47 bits per heavy atom. The van der Waals surface area contributed by atoms with Crippen LogP contribution < -0.4 is 5.32 Å². The Labute approximate surface area is 111 Å². The molecular formula is C12H10F2N2O2S. The lowest BCUT2D eigenvalue weighted by Crippen LogP contribution is -1.99. The molecule has 0 aliphatic heterocycles. The molecule has 0 saturated heterocycles. The van der Waals surface area contributed by atoms with E-state index in [1.807, 2.05) is 0 Å². The predicted octanol–water partition coefficient (Wildman–Crippen LogP) is 3.10. The lowest BCUT2D eigenvalue weighted by Gasteiger charge is -2.03. The van der Waals surface area contributed by atoms with Crippen LogP contribution in [0.3, 0.4) is 0 Å². The van der Waals surface area contributed by atoms with E-state index < -0.39 is 17.6 Å². The van der Waals surface area contributed by atoms with E-state index in [-0.39, 0.29) is 12.1 Å². The summed E-state index contributed by atoms with van der Waals surface area (Å²) in [5.41, 5.74) is 0.530. The number of aromatic nitrogens is 1. The van der Waals surface area contributed by atoms with E-state index in [1.54, 1.807) is 6.92 Å². The number of anilines is 2. The van der Waals surface area contributed by atoms with Crippen LogP contribution in [0.4, 0.5) is 19.6 Å². The molecule has 2 rings (SSSR count). The number of benzene rings is 1.